The van der Waals surface area contributed by atoms with Crippen molar-refractivity contribution in [2.24, 2.45) is 0 Å². The second-order valence-corrected chi connectivity index (χ2v) is 5.43. The minimum Gasteiger partial charge on any atom is -0.385 e. The number of fused-ring (bicyclic) bond motifs is 1. The summed E-state index contributed by atoms with van der Waals surface area (Å²) in [6, 6.07) is 9.74. The van der Waals surface area contributed by atoms with Crippen LogP contribution in [0.5, 0.6) is 0 Å². The Hall–Kier alpha value is -1.98. The zero-order chi connectivity index (χ0) is 15.4. The first-order valence-corrected chi connectivity index (χ1v) is 7.53. The Morgan fingerprint density at radius 3 is 2.91 bits per heavy atom. The molecule has 0 spiro atoms. The van der Waals surface area contributed by atoms with Crippen LogP contribution in [0.3, 0.4) is 0 Å². The van der Waals surface area contributed by atoms with E-state index >= 15 is 0 Å². The van der Waals surface area contributed by atoms with Crippen molar-refractivity contribution in [2.75, 3.05) is 33.4 Å². The molecule has 1 aliphatic rings. The van der Waals surface area contributed by atoms with Crippen LogP contribution in [0.2, 0.25) is 0 Å². The second kappa shape index (κ2) is 6.85. The molecule has 22 heavy (non-hydrogen) atoms. The van der Waals surface area contributed by atoms with Gasteiger partial charge in [-0.1, -0.05) is 24.3 Å². The lowest BCUT2D eigenvalue weighted by molar-refractivity contribution is -0.0465. The summed E-state index contributed by atoms with van der Waals surface area (Å²) in [5.74, 6) is -0.0199. The summed E-state index contributed by atoms with van der Waals surface area (Å²) in [7, 11) is 1.68. The van der Waals surface area contributed by atoms with Crippen molar-refractivity contribution < 1.29 is 14.3 Å². The van der Waals surface area contributed by atoms with E-state index in [-0.39, 0.29) is 12.0 Å². The zero-order valence-electron chi connectivity index (χ0n) is 12.7. The van der Waals surface area contributed by atoms with Crippen molar-refractivity contribution in [2.45, 2.75) is 12.5 Å². The second-order valence-electron chi connectivity index (χ2n) is 5.43. The Bertz CT molecular complexity index is 648. The topological polar surface area (TPSA) is 51.7 Å². The fraction of sp³-hybridized carbons (Fsp3) is 0.412. The van der Waals surface area contributed by atoms with E-state index in [0.717, 1.165) is 17.2 Å². The van der Waals surface area contributed by atoms with Gasteiger partial charge in [-0.15, -0.1) is 0 Å². The van der Waals surface area contributed by atoms with Gasteiger partial charge in [-0.2, -0.15) is 0 Å². The van der Waals surface area contributed by atoms with Crippen LogP contribution in [0.1, 0.15) is 16.9 Å². The number of pyridine rings is 1. The Kier molecular flexibility index (Phi) is 4.65. The fourth-order valence-electron chi connectivity index (χ4n) is 2.60. The molecule has 1 amide bonds. The highest BCUT2D eigenvalue weighted by atomic mass is 16.5. The van der Waals surface area contributed by atoms with Crippen molar-refractivity contribution in [3.63, 3.8) is 0 Å². The summed E-state index contributed by atoms with van der Waals surface area (Å²) < 4.78 is 10.7. The highest BCUT2D eigenvalue weighted by Gasteiger charge is 2.32. The van der Waals surface area contributed by atoms with Gasteiger partial charge < -0.3 is 14.4 Å². The highest BCUT2D eigenvalue weighted by Crippen LogP contribution is 2.21. The molecule has 0 atom stereocenters. The first-order valence-electron chi connectivity index (χ1n) is 7.53. The summed E-state index contributed by atoms with van der Waals surface area (Å²) in [4.78, 5) is 18.6. The van der Waals surface area contributed by atoms with Crippen LogP contribution in [-0.4, -0.2) is 55.3 Å². The van der Waals surface area contributed by atoms with E-state index < -0.39 is 0 Å². The number of likely N-dealkylation sites (tertiary alicyclic amines) is 1. The van der Waals surface area contributed by atoms with Gasteiger partial charge in [0.15, 0.2) is 0 Å². The average Bonchev–Trinajstić information content (AvgIpc) is 2.52. The standard InChI is InChI=1S/C17H20N2O3/c1-21-9-4-10-22-14-11-19(12-14)17(20)16-15-6-3-2-5-13(15)7-8-18-16/h2-3,5-8,14H,4,9-12H2,1H3. The number of amides is 1. The SMILES string of the molecule is COCCCOC1CN(C(=O)c2nccc3ccccc23)C1. The summed E-state index contributed by atoms with van der Waals surface area (Å²) in [5.41, 5.74) is 0.524. The summed E-state index contributed by atoms with van der Waals surface area (Å²) in [6.45, 7) is 2.65. The number of benzene rings is 1. The van der Waals surface area contributed by atoms with Crippen LogP contribution < -0.4 is 0 Å². The normalized spacial score (nSPS) is 15.0. The summed E-state index contributed by atoms with van der Waals surface area (Å²) in [5, 5.41) is 1.94. The van der Waals surface area contributed by atoms with E-state index in [1.807, 2.05) is 30.3 Å². The number of nitrogens with zero attached hydrogens (tertiary/aromatic N) is 2. The van der Waals surface area contributed by atoms with Gasteiger partial charge in [0.1, 0.15) is 5.69 Å². The van der Waals surface area contributed by atoms with Gasteiger partial charge in [0.2, 0.25) is 0 Å². The molecule has 0 radical (unpaired) electrons. The molecular formula is C17H20N2O3. The lowest BCUT2D eigenvalue weighted by Crippen LogP contribution is -2.55. The quantitative estimate of drug-likeness (QED) is 0.767. The maximum Gasteiger partial charge on any atom is 0.273 e. The number of methoxy groups -OCH3 is 1. The molecule has 0 bridgehead atoms. The van der Waals surface area contributed by atoms with E-state index in [4.69, 9.17) is 9.47 Å². The maximum absolute atomic E-state index is 12.6. The van der Waals surface area contributed by atoms with Crippen molar-refractivity contribution in [3.8, 4) is 0 Å². The Morgan fingerprint density at radius 2 is 2.09 bits per heavy atom. The van der Waals surface area contributed by atoms with Crippen molar-refractivity contribution in [3.05, 3.63) is 42.2 Å². The Balaban J connectivity index is 1.59. The molecule has 1 saturated heterocycles. The minimum absolute atomic E-state index is 0.0199. The summed E-state index contributed by atoms with van der Waals surface area (Å²) >= 11 is 0. The molecule has 1 aromatic carbocycles. The van der Waals surface area contributed by atoms with Gasteiger partial charge >= 0.3 is 0 Å². The van der Waals surface area contributed by atoms with Gasteiger partial charge in [-0.25, -0.2) is 0 Å². The van der Waals surface area contributed by atoms with Crippen molar-refractivity contribution >= 4 is 16.7 Å². The predicted molar refractivity (Wildman–Crippen MR) is 83.9 cm³/mol. The third kappa shape index (κ3) is 3.10. The zero-order valence-corrected chi connectivity index (χ0v) is 12.7. The lowest BCUT2D eigenvalue weighted by atomic mass is 10.1. The van der Waals surface area contributed by atoms with Crippen LogP contribution >= 0.6 is 0 Å². The van der Waals surface area contributed by atoms with Gasteiger partial charge in [0.05, 0.1) is 6.10 Å². The fourth-order valence-corrected chi connectivity index (χ4v) is 2.60. The number of aromatic nitrogens is 1. The molecule has 3 rings (SSSR count). The Labute approximate surface area is 129 Å². The van der Waals surface area contributed by atoms with E-state index in [0.29, 0.717) is 32.0 Å². The van der Waals surface area contributed by atoms with Crippen molar-refractivity contribution in [1.82, 2.24) is 9.88 Å². The molecule has 0 saturated carbocycles. The molecule has 2 heterocycles. The molecule has 1 aliphatic heterocycles. The average molecular weight is 300 g/mol. The van der Waals surface area contributed by atoms with Crippen LogP contribution in [0.15, 0.2) is 36.5 Å². The largest absolute Gasteiger partial charge is 0.385 e. The first kappa shape index (κ1) is 14.9. The van der Waals surface area contributed by atoms with Gasteiger partial charge in [0, 0.05) is 45.0 Å². The highest BCUT2D eigenvalue weighted by molar-refractivity contribution is 6.05. The molecule has 2 aromatic rings. The third-order valence-corrected chi connectivity index (χ3v) is 3.86. The lowest BCUT2D eigenvalue weighted by Gasteiger charge is -2.38. The van der Waals surface area contributed by atoms with E-state index in [9.17, 15) is 4.79 Å². The molecule has 1 aromatic heterocycles. The van der Waals surface area contributed by atoms with Crippen molar-refractivity contribution in [1.29, 1.82) is 0 Å². The molecule has 0 aliphatic carbocycles. The van der Waals surface area contributed by atoms with Gasteiger partial charge in [-0.05, 0) is 17.9 Å². The molecule has 1 fully saturated rings. The number of hydrogen-bond acceptors (Lipinski definition) is 4. The third-order valence-electron chi connectivity index (χ3n) is 3.86. The smallest absolute Gasteiger partial charge is 0.273 e. The monoisotopic (exact) mass is 300 g/mol. The number of rotatable bonds is 6. The van der Waals surface area contributed by atoms with E-state index in [2.05, 4.69) is 4.98 Å². The van der Waals surface area contributed by atoms with Crippen LogP contribution in [0, 0.1) is 0 Å². The molecule has 5 nitrogen and oxygen atoms in total. The molecule has 5 heteroatoms. The van der Waals surface area contributed by atoms with E-state index in [1.165, 1.54) is 0 Å². The number of carbonyl (C=O) groups excluding carboxylic acids is 1. The van der Waals surface area contributed by atoms with Crippen LogP contribution in [-0.2, 0) is 9.47 Å². The number of hydrogen-bond donors (Lipinski definition) is 0. The van der Waals surface area contributed by atoms with Gasteiger partial charge in [0.25, 0.3) is 5.91 Å². The Morgan fingerprint density at radius 1 is 1.27 bits per heavy atom. The van der Waals surface area contributed by atoms with Crippen LogP contribution in [0.4, 0.5) is 0 Å². The van der Waals surface area contributed by atoms with Crippen LogP contribution in [0.25, 0.3) is 10.8 Å². The van der Waals surface area contributed by atoms with E-state index in [1.54, 1.807) is 18.2 Å². The maximum atomic E-state index is 12.6. The minimum atomic E-state index is -0.0199. The molecule has 0 N–H and O–H groups in total. The first-order chi connectivity index (χ1) is 10.8. The number of carbonyl (C=O) groups is 1. The summed E-state index contributed by atoms with van der Waals surface area (Å²) in [6.07, 6.45) is 2.70. The molecule has 116 valence electrons. The molecular weight excluding hydrogens is 280 g/mol. The number of ether oxygens (including phenoxy) is 2. The predicted octanol–water partition coefficient (Wildman–Crippen LogP) is 2.11. The van der Waals surface area contributed by atoms with Gasteiger partial charge in [-0.3, -0.25) is 9.78 Å². The molecule has 0 unspecified atom stereocenters.